The van der Waals surface area contributed by atoms with E-state index in [1.54, 1.807) is 20.3 Å². The number of nitrogens with one attached hydrogen (secondary N) is 1. The van der Waals surface area contributed by atoms with Gasteiger partial charge in [-0.15, -0.1) is 0 Å². The van der Waals surface area contributed by atoms with Crippen molar-refractivity contribution in [1.82, 2.24) is 9.97 Å². The summed E-state index contributed by atoms with van der Waals surface area (Å²) in [7, 11) is 3.25. The van der Waals surface area contributed by atoms with Crippen molar-refractivity contribution >= 4 is 5.95 Å². The summed E-state index contributed by atoms with van der Waals surface area (Å²) in [6.07, 6.45) is 0. The van der Waals surface area contributed by atoms with E-state index in [4.69, 9.17) is 9.47 Å². The van der Waals surface area contributed by atoms with Gasteiger partial charge in [-0.25, -0.2) is 4.98 Å². The maximum atomic E-state index is 5.15. The van der Waals surface area contributed by atoms with Gasteiger partial charge in [-0.1, -0.05) is 12.1 Å². The van der Waals surface area contributed by atoms with Crippen molar-refractivity contribution in [2.45, 2.75) is 19.9 Å². The molecule has 0 aliphatic rings. The third-order valence-corrected chi connectivity index (χ3v) is 3.00. The molecule has 0 saturated heterocycles. The average Bonchev–Trinajstić information content (AvgIpc) is 2.46. The molecule has 1 N–H and O–H groups in total. The first-order valence-electron chi connectivity index (χ1n) is 6.42. The number of nitrogens with zero attached hydrogens (tertiary/aromatic N) is 2. The van der Waals surface area contributed by atoms with Crippen LogP contribution < -0.4 is 14.8 Å². The Morgan fingerprint density at radius 1 is 1.05 bits per heavy atom. The van der Waals surface area contributed by atoms with E-state index in [1.165, 1.54) is 0 Å². The van der Waals surface area contributed by atoms with Crippen molar-refractivity contribution in [2.24, 2.45) is 0 Å². The molecule has 1 atom stereocenters. The summed E-state index contributed by atoms with van der Waals surface area (Å²) in [6, 6.07) is 9.79. The second-order valence-corrected chi connectivity index (χ2v) is 4.51. The summed E-state index contributed by atoms with van der Waals surface area (Å²) in [5.41, 5.74) is 2.00. The minimum Gasteiger partial charge on any atom is -0.497 e. The van der Waals surface area contributed by atoms with Gasteiger partial charge in [0.2, 0.25) is 11.8 Å². The molecule has 1 aromatic carbocycles. The highest BCUT2D eigenvalue weighted by atomic mass is 16.5. The number of hydrogen-bond donors (Lipinski definition) is 1. The minimum atomic E-state index is 0.0902. The molecule has 2 aromatic rings. The van der Waals surface area contributed by atoms with Gasteiger partial charge in [-0.2, -0.15) is 4.98 Å². The van der Waals surface area contributed by atoms with Gasteiger partial charge < -0.3 is 14.8 Å². The first kappa shape index (κ1) is 14.1. The second kappa shape index (κ2) is 6.23. The van der Waals surface area contributed by atoms with E-state index in [2.05, 4.69) is 22.2 Å². The van der Waals surface area contributed by atoms with Crippen LogP contribution in [-0.4, -0.2) is 24.2 Å². The maximum absolute atomic E-state index is 5.15. The van der Waals surface area contributed by atoms with Crippen LogP contribution in [0.2, 0.25) is 0 Å². The molecule has 0 bridgehead atoms. The molecule has 0 radical (unpaired) electrons. The zero-order valence-electron chi connectivity index (χ0n) is 12.2. The van der Waals surface area contributed by atoms with Gasteiger partial charge >= 0.3 is 0 Å². The Bertz CT molecular complexity index is 570. The lowest BCUT2D eigenvalue weighted by Crippen LogP contribution is -2.10. The highest BCUT2D eigenvalue weighted by Gasteiger charge is 2.09. The molecule has 0 amide bonds. The molecule has 0 aliphatic heterocycles. The fourth-order valence-corrected chi connectivity index (χ4v) is 1.88. The SMILES string of the molecule is COc1ccc(C(C)Nc2nc(C)cc(OC)n2)cc1. The van der Waals surface area contributed by atoms with Crippen LogP contribution in [0.1, 0.15) is 24.2 Å². The van der Waals surface area contributed by atoms with Crippen molar-refractivity contribution in [3.05, 3.63) is 41.6 Å². The predicted octanol–water partition coefficient (Wildman–Crippen LogP) is 2.98. The number of aryl methyl sites for hydroxylation is 1. The van der Waals surface area contributed by atoms with E-state index < -0.39 is 0 Å². The Morgan fingerprint density at radius 3 is 2.35 bits per heavy atom. The van der Waals surface area contributed by atoms with E-state index in [1.807, 2.05) is 31.2 Å². The van der Waals surface area contributed by atoms with Crippen molar-refractivity contribution in [3.63, 3.8) is 0 Å². The third-order valence-electron chi connectivity index (χ3n) is 3.00. The van der Waals surface area contributed by atoms with E-state index in [-0.39, 0.29) is 6.04 Å². The summed E-state index contributed by atoms with van der Waals surface area (Å²) in [5, 5.41) is 3.27. The molecule has 5 nitrogen and oxygen atoms in total. The molecule has 0 aliphatic carbocycles. The van der Waals surface area contributed by atoms with Gasteiger partial charge in [0.25, 0.3) is 0 Å². The third kappa shape index (κ3) is 3.38. The molecule has 0 fully saturated rings. The lowest BCUT2D eigenvalue weighted by molar-refractivity contribution is 0.397. The summed E-state index contributed by atoms with van der Waals surface area (Å²) in [4.78, 5) is 8.64. The Labute approximate surface area is 119 Å². The number of benzene rings is 1. The van der Waals surface area contributed by atoms with Gasteiger partial charge in [0.1, 0.15) is 5.75 Å². The largest absolute Gasteiger partial charge is 0.497 e. The molecule has 1 unspecified atom stereocenters. The number of rotatable bonds is 5. The molecule has 5 heteroatoms. The molecule has 2 rings (SSSR count). The molecular formula is C15H19N3O2. The number of aromatic nitrogens is 2. The molecule has 0 spiro atoms. The first-order chi connectivity index (χ1) is 9.62. The van der Waals surface area contributed by atoms with Crippen LogP contribution in [0.25, 0.3) is 0 Å². The summed E-state index contributed by atoms with van der Waals surface area (Å²) >= 11 is 0. The Kier molecular flexibility index (Phi) is 4.40. The summed E-state index contributed by atoms with van der Waals surface area (Å²) in [5.74, 6) is 1.96. The average molecular weight is 273 g/mol. The topological polar surface area (TPSA) is 56.3 Å². The fraction of sp³-hybridized carbons (Fsp3) is 0.333. The zero-order valence-corrected chi connectivity index (χ0v) is 12.2. The van der Waals surface area contributed by atoms with Crippen LogP contribution in [0, 0.1) is 6.92 Å². The van der Waals surface area contributed by atoms with Gasteiger partial charge in [0.05, 0.1) is 20.3 Å². The number of hydrogen-bond acceptors (Lipinski definition) is 5. The van der Waals surface area contributed by atoms with Gasteiger partial charge in [-0.3, -0.25) is 0 Å². The Morgan fingerprint density at radius 2 is 1.75 bits per heavy atom. The molecule has 1 aromatic heterocycles. The Hall–Kier alpha value is -2.30. The smallest absolute Gasteiger partial charge is 0.226 e. The van der Waals surface area contributed by atoms with Crippen LogP contribution in [0.3, 0.4) is 0 Å². The van der Waals surface area contributed by atoms with Crippen LogP contribution in [-0.2, 0) is 0 Å². The highest BCUT2D eigenvalue weighted by Crippen LogP contribution is 2.21. The van der Waals surface area contributed by atoms with E-state index >= 15 is 0 Å². The number of anilines is 1. The fourth-order valence-electron chi connectivity index (χ4n) is 1.88. The normalized spacial score (nSPS) is 11.8. The maximum Gasteiger partial charge on any atom is 0.226 e. The molecule has 0 saturated carbocycles. The van der Waals surface area contributed by atoms with Crippen molar-refractivity contribution in [2.75, 3.05) is 19.5 Å². The number of ether oxygens (including phenoxy) is 2. The van der Waals surface area contributed by atoms with E-state index in [0.717, 1.165) is 17.0 Å². The van der Waals surface area contributed by atoms with Crippen molar-refractivity contribution in [3.8, 4) is 11.6 Å². The van der Waals surface area contributed by atoms with Crippen LogP contribution >= 0.6 is 0 Å². The van der Waals surface area contributed by atoms with Gasteiger partial charge in [0.15, 0.2) is 0 Å². The summed E-state index contributed by atoms with van der Waals surface area (Å²) in [6.45, 7) is 3.97. The van der Waals surface area contributed by atoms with E-state index in [9.17, 15) is 0 Å². The summed E-state index contributed by atoms with van der Waals surface area (Å²) < 4.78 is 10.3. The van der Waals surface area contributed by atoms with Crippen LogP contribution in [0.5, 0.6) is 11.6 Å². The zero-order chi connectivity index (χ0) is 14.5. The monoisotopic (exact) mass is 273 g/mol. The standard InChI is InChI=1S/C15H19N3O2/c1-10-9-14(20-4)18-15(16-10)17-11(2)12-5-7-13(19-3)8-6-12/h5-9,11H,1-4H3,(H,16,17,18). The van der Waals surface area contributed by atoms with Crippen LogP contribution in [0.4, 0.5) is 5.95 Å². The van der Waals surface area contributed by atoms with Crippen molar-refractivity contribution < 1.29 is 9.47 Å². The Balaban J connectivity index is 2.13. The molecule has 20 heavy (non-hydrogen) atoms. The molecular weight excluding hydrogens is 254 g/mol. The number of methoxy groups -OCH3 is 2. The van der Waals surface area contributed by atoms with Gasteiger partial charge in [0, 0.05) is 11.8 Å². The second-order valence-electron chi connectivity index (χ2n) is 4.51. The highest BCUT2D eigenvalue weighted by molar-refractivity contribution is 5.36. The molecule has 1 heterocycles. The quantitative estimate of drug-likeness (QED) is 0.907. The van der Waals surface area contributed by atoms with Crippen molar-refractivity contribution in [1.29, 1.82) is 0 Å². The van der Waals surface area contributed by atoms with E-state index in [0.29, 0.717) is 11.8 Å². The molecule has 106 valence electrons. The predicted molar refractivity (Wildman–Crippen MR) is 78.4 cm³/mol. The lowest BCUT2D eigenvalue weighted by atomic mass is 10.1. The first-order valence-corrected chi connectivity index (χ1v) is 6.42. The lowest BCUT2D eigenvalue weighted by Gasteiger charge is -2.15. The minimum absolute atomic E-state index is 0.0902. The van der Waals surface area contributed by atoms with Crippen LogP contribution in [0.15, 0.2) is 30.3 Å². The van der Waals surface area contributed by atoms with Gasteiger partial charge in [-0.05, 0) is 31.5 Å².